The number of aliphatic hydroxyl groups excluding tert-OH is 4. The van der Waals surface area contributed by atoms with Gasteiger partial charge < -0.3 is 65.7 Å². The lowest BCUT2D eigenvalue weighted by atomic mass is 9.57. The van der Waals surface area contributed by atoms with Gasteiger partial charge in [-0.3, -0.25) is 48.3 Å². The standard InChI is InChI=1S/C38H44N2O12.C34H37N3O7/c1-19(2)36(47)51-18-52-37(48)40(13-14-50-6)17-21-7-9-22(10-8-21)24-11-12-27(42)30-25(24)15-23-16-26-31(39(4)5)33(44)28(20(3)41)34(45)38(26,49)35(46)29(23)32(30)43;1-16-5-6-17(2)37(16)15-18-7-9-19(10-8-18)21-11-12-24(38)26-22(21)13-20-14-23-28(36(3)4)30(40)27(33(35)43)32(42)34(23,44)31(41)25(20)29(26)39/h7-12,19,23,26,31,42-43,45,49H,13-18H2,1-6H3;5-12,16-17,20,23,28,38-39,42,44H,13-15H2,1-4H3,(H2,35,43)/t23-,26-,31-,38+;16?,17?,20-,23-,28-,34-/m00/s1. The largest absolute Gasteiger partial charge is 0.508 e. The van der Waals surface area contributed by atoms with Crippen LogP contribution in [0.3, 0.4) is 0 Å². The summed E-state index contributed by atoms with van der Waals surface area (Å²) in [4.78, 5) is 111. The van der Waals surface area contributed by atoms with Crippen molar-refractivity contribution in [3.63, 3.8) is 0 Å². The minimum atomic E-state index is -2.66. The highest BCUT2D eigenvalue weighted by Gasteiger charge is 2.66. The number of hydrogen-bond donors (Lipinski definition) is 9. The number of esters is 1. The second-order valence-corrected chi connectivity index (χ2v) is 26.6. The molecule has 2 amide bonds. The molecule has 7 aliphatic rings. The van der Waals surface area contributed by atoms with E-state index in [9.17, 15) is 79.2 Å². The number of methoxy groups -OCH3 is 1. The van der Waals surface area contributed by atoms with E-state index >= 15 is 0 Å². The molecule has 11 rings (SSSR count). The zero-order valence-corrected chi connectivity index (χ0v) is 55.1. The number of ether oxygens (including phenoxy) is 3. The Morgan fingerprint density at radius 1 is 0.635 bits per heavy atom. The van der Waals surface area contributed by atoms with Gasteiger partial charge in [0.15, 0.2) is 28.6 Å². The lowest BCUT2D eigenvalue weighted by Gasteiger charge is -2.50. The van der Waals surface area contributed by atoms with Crippen molar-refractivity contribution in [2.24, 2.45) is 35.3 Å². The number of benzene rings is 4. The number of rotatable bonds is 16. The highest BCUT2D eigenvalue weighted by molar-refractivity contribution is 6.26. The molecular formula is C72H81N5O19. The first-order valence-corrected chi connectivity index (χ1v) is 31.7. The van der Waals surface area contributed by atoms with E-state index < -0.39 is 135 Å². The molecule has 6 aliphatic carbocycles. The van der Waals surface area contributed by atoms with E-state index in [-0.39, 0.29) is 85.1 Å². The van der Waals surface area contributed by atoms with Gasteiger partial charge in [0.05, 0.1) is 35.7 Å². The molecule has 2 unspecified atom stereocenters. The monoisotopic (exact) mass is 1320 g/mol. The van der Waals surface area contributed by atoms with Crippen molar-refractivity contribution in [2.45, 2.75) is 109 Å². The molecule has 10 atom stereocenters. The third kappa shape index (κ3) is 11.9. The number of phenols is 2. The first kappa shape index (κ1) is 69.5. The lowest BCUT2D eigenvalue weighted by Crippen LogP contribution is -2.65. The van der Waals surface area contributed by atoms with Crippen LogP contribution in [-0.2, 0) is 73.7 Å². The quantitative estimate of drug-likeness (QED) is 0.0259. The van der Waals surface area contributed by atoms with Crippen LogP contribution in [0.15, 0.2) is 119 Å². The van der Waals surface area contributed by atoms with Crippen molar-refractivity contribution < 1.29 is 93.4 Å². The summed E-state index contributed by atoms with van der Waals surface area (Å²) in [7, 11) is 7.82. The van der Waals surface area contributed by atoms with Gasteiger partial charge in [0.1, 0.15) is 45.7 Å². The number of nitrogens with two attached hydrogens (primary N) is 1. The second-order valence-electron chi connectivity index (χ2n) is 26.6. The molecule has 0 bridgehead atoms. The van der Waals surface area contributed by atoms with Gasteiger partial charge in [-0.05, 0) is 143 Å². The van der Waals surface area contributed by atoms with Crippen LogP contribution >= 0.6 is 0 Å². The molecule has 24 heteroatoms. The maximum absolute atomic E-state index is 14.2. The molecule has 24 nitrogen and oxygen atoms in total. The summed E-state index contributed by atoms with van der Waals surface area (Å²) in [6.07, 6.45) is 4.12. The number of carbonyl (C=O) groups excluding carboxylic acids is 8. The lowest BCUT2D eigenvalue weighted by molar-refractivity contribution is -0.156. The van der Waals surface area contributed by atoms with Crippen molar-refractivity contribution in [1.82, 2.24) is 19.6 Å². The number of nitrogens with zero attached hydrogens (tertiary/aromatic N) is 4. The van der Waals surface area contributed by atoms with Crippen LogP contribution in [-0.4, -0.2) is 198 Å². The molecule has 0 spiro atoms. The highest BCUT2D eigenvalue weighted by Crippen LogP contribution is 2.56. The fourth-order valence-corrected chi connectivity index (χ4v) is 15.2. The Bertz CT molecular complexity index is 4060. The van der Waals surface area contributed by atoms with Crippen LogP contribution in [0.25, 0.3) is 33.8 Å². The number of primary amides is 1. The Kier molecular flexibility index (Phi) is 19.3. The maximum atomic E-state index is 14.2. The van der Waals surface area contributed by atoms with Gasteiger partial charge in [-0.25, -0.2) is 4.79 Å². The van der Waals surface area contributed by atoms with Crippen molar-refractivity contribution >= 4 is 58.4 Å². The minimum Gasteiger partial charge on any atom is -0.508 e. The summed E-state index contributed by atoms with van der Waals surface area (Å²) in [6, 6.07) is 20.1. The van der Waals surface area contributed by atoms with Crippen LogP contribution in [0.4, 0.5) is 4.79 Å². The van der Waals surface area contributed by atoms with E-state index in [1.165, 1.54) is 33.9 Å². The number of aromatic hydroxyl groups is 2. The van der Waals surface area contributed by atoms with E-state index in [4.69, 9.17) is 19.9 Å². The summed E-state index contributed by atoms with van der Waals surface area (Å²) >= 11 is 0. The molecule has 4 aromatic rings. The molecule has 2 saturated carbocycles. The molecule has 508 valence electrons. The van der Waals surface area contributed by atoms with Crippen LogP contribution in [0.1, 0.15) is 80.8 Å². The third-order valence-electron chi connectivity index (χ3n) is 20.0. The smallest absolute Gasteiger partial charge is 0.413 e. The van der Waals surface area contributed by atoms with Crippen molar-refractivity contribution in [2.75, 3.05) is 55.2 Å². The van der Waals surface area contributed by atoms with Gasteiger partial charge in [0, 0.05) is 61.8 Å². The van der Waals surface area contributed by atoms with Crippen LogP contribution in [0, 0.1) is 29.6 Å². The van der Waals surface area contributed by atoms with Crippen molar-refractivity contribution in [3.05, 3.63) is 152 Å². The average Bonchev–Trinajstić information content (AvgIpc) is 0.730. The first-order chi connectivity index (χ1) is 45.3. The molecule has 1 aliphatic heterocycles. The number of hydrogen-bond acceptors (Lipinski definition) is 22. The predicted octanol–water partition coefficient (Wildman–Crippen LogP) is 6.26. The number of ketones is 5. The number of carbonyl (C=O) groups is 8. The Balaban J connectivity index is 0.000000211. The zero-order valence-electron chi connectivity index (χ0n) is 55.1. The molecule has 0 saturated heterocycles. The summed E-state index contributed by atoms with van der Waals surface area (Å²) in [5.74, 6) is -13.8. The van der Waals surface area contributed by atoms with Gasteiger partial charge in [0.25, 0.3) is 5.91 Å². The number of likely N-dealkylation sites (N-methyl/N-ethyl adjacent to an activating group) is 2. The molecule has 0 radical (unpaired) electrons. The zero-order chi connectivity index (χ0) is 70.1. The number of fused-ring (bicyclic) bond motifs is 6. The fraction of sp³-hybridized carbons (Fsp3) is 0.417. The highest BCUT2D eigenvalue weighted by atomic mass is 16.7. The fourth-order valence-electron chi connectivity index (χ4n) is 15.2. The number of Topliss-reactive ketones (excluding diaryl/α,β-unsaturated/α-hetero) is 5. The molecule has 0 aromatic heterocycles. The average molecular weight is 1320 g/mol. The normalized spacial score (nSPS) is 26.0. The molecule has 10 N–H and O–H groups in total. The van der Waals surface area contributed by atoms with E-state index in [0.29, 0.717) is 34.3 Å². The summed E-state index contributed by atoms with van der Waals surface area (Å²) in [6.45, 7) is 9.57. The van der Waals surface area contributed by atoms with Gasteiger partial charge in [-0.15, -0.1) is 0 Å². The predicted molar refractivity (Wildman–Crippen MR) is 349 cm³/mol. The van der Waals surface area contributed by atoms with E-state index in [1.807, 2.05) is 12.1 Å². The molecule has 96 heavy (non-hydrogen) atoms. The maximum Gasteiger partial charge on any atom is 0.413 e. The topological polar surface area (TPSA) is 365 Å². The second kappa shape index (κ2) is 26.7. The van der Waals surface area contributed by atoms with E-state index in [1.54, 1.807) is 78.4 Å². The van der Waals surface area contributed by atoms with Gasteiger partial charge in [-0.2, -0.15) is 0 Å². The Hall–Kier alpha value is -9.30. The van der Waals surface area contributed by atoms with E-state index in [2.05, 4.69) is 43.0 Å². The molecular weight excluding hydrogens is 1240 g/mol. The minimum absolute atomic E-state index is 0.00110. The first-order valence-electron chi connectivity index (χ1n) is 31.7. The van der Waals surface area contributed by atoms with Gasteiger partial charge in [-0.1, -0.05) is 86.7 Å². The van der Waals surface area contributed by atoms with Crippen LogP contribution in [0.2, 0.25) is 0 Å². The summed E-state index contributed by atoms with van der Waals surface area (Å²) in [5.41, 5.74) is 4.36. The molecule has 4 aromatic carbocycles. The number of phenolic OH excluding ortho intramolecular Hbond substituents is 2. The van der Waals surface area contributed by atoms with Crippen LogP contribution < -0.4 is 5.73 Å². The van der Waals surface area contributed by atoms with E-state index in [0.717, 1.165) is 35.7 Å². The number of amides is 2. The van der Waals surface area contributed by atoms with Gasteiger partial charge in [0.2, 0.25) is 18.4 Å². The third-order valence-corrected chi connectivity index (χ3v) is 20.0. The molecule has 1 heterocycles. The SMILES string of the molecule is CC1C=CC(C)N1Cc1ccc(-c2ccc(O)c3c2C[C@H]2C[C@H]4[C@H](N(C)C)C(=O)C(C(N)=O)=C(O)[C@@]4(O)C(=O)C2=C3O)cc1.COCCN(Cc1ccc(-c2ccc(O)c3c2C[C@H]2C[C@H]4[C@H](N(C)C)C(=O)C(C(C)=O)=C(O)[C@@]4(O)C(=O)C2=C3O)cc1)C(=O)OCOC(=O)C(C)C. The Morgan fingerprint density at radius 2 is 1.07 bits per heavy atom. The number of aliphatic hydroxyl groups is 6. The van der Waals surface area contributed by atoms with Gasteiger partial charge >= 0.3 is 12.1 Å². The van der Waals surface area contributed by atoms with Crippen molar-refractivity contribution in [3.8, 4) is 33.8 Å². The van der Waals surface area contributed by atoms with Crippen LogP contribution in [0.5, 0.6) is 11.5 Å². The molecule has 2 fully saturated rings. The summed E-state index contributed by atoms with van der Waals surface area (Å²) in [5, 5.41) is 90.8. The summed E-state index contributed by atoms with van der Waals surface area (Å²) < 4.78 is 15.3. The Labute approximate surface area is 554 Å². The Morgan fingerprint density at radius 3 is 1.49 bits per heavy atom. The van der Waals surface area contributed by atoms with Crippen molar-refractivity contribution in [1.29, 1.82) is 0 Å².